The molecule has 1 aromatic heterocycles. The smallest absolute Gasteiger partial charge is 0.340 e. The first-order valence-corrected chi connectivity index (χ1v) is 5.32. The summed E-state index contributed by atoms with van der Waals surface area (Å²) in [5.74, 6) is 0.216. The van der Waals surface area contributed by atoms with E-state index in [0.717, 1.165) is 0 Å². The van der Waals surface area contributed by atoms with Gasteiger partial charge >= 0.3 is 5.97 Å². The van der Waals surface area contributed by atoms with E-state index in [4.69, 9.17) is 10.3 Å². The van der Waals surface area contributed by atoms with E-state index in [9.17, 15) is 4.79 Å². The number of anilines is 2. The normalized spacial score (nSPS) is 10.1. The van der Waals surface area contributed by atoms with Gasteiger partial charge in [-0.2, -0.15) is 0 Å². The molecule has 0 saturated heterocycles. The summed E-state index contributed by atoms with van der Waals surface area (Å²) in [6, 6.07) is 6.86. The van der Waals surface area contributed by atoms with Gasteiger partial charge in [-0.15, -0.1) is 0 Å². The molecule has 6 nitrogen and oxygen atoms in total. The second-order valence-corrected chi connectivity index (χ2v) is 3.59. The van der Waals surface area contributed by atoms with Gasteiger partial charge in [-0.1, -0.05) is 11.2 Å². The third-order valence-electron chi connectivity index (χ3n) is 2.46. The van der Waals surface area contributed by atoms with Gasteiger partial charge in [0, 0.05) is 6.07 Å². The number of nitrogens with one attached hydrogen (secondary N) is 1. The minimum absolute atomic E-state index is 0.333. The predicted octanol–water partition coefficient (Wildman–Crippen LogP) is 1.66. The first-order chi connectivity index (χ1) is 8.72. The van der Waals surface area contributed by atoms with Gasteiger partial charge in [0.25, 0.3) is 0 Å². The SMILES string of the molecule is COC(=O)c1cccc(NCc2ccno2)c1N. The van der Waals surface area contributed by atoms with Crippen LogP contribution in [0.2, 0.25) is 0 Å². The van der Waals surface area contributed by atoms with E-state index in [2.05, 4.69) is 15.2 Å². The molecule has 0 radical (unpaired) electrons. The third-order valence-corrected chi connectivity index (χ3v) is 2.46. The van der Waals surface area contributed by atoms with E-state index < -0.39 is 5.97 Å². The maximum absolute atomic E-state index is 11.5. The summed E-state index contributed by atoms with van der Waals surface area (Å²) in [5.41, 5.74) is 7.22. The fourth-order valence-corrected chi connectivity index (χ4v) is 1.52. The molecule has 1 aromatic carbocycles. The van der Waals surface area contributed by atoms with Crippen LogP contribution in [0.25, 0.3) is 0 Å². The molecule has 94 valence electrons. The van der Waals surface area contributed by atoms with E-state index in [0.29, 0.717) is 29.2 Å². The van der Waals surface area contributed by atoms with Crippen molar-refractivity contribution >= 4 is 17.3 Å². The van der Waals surface area contributed by atoms with Crippen molar-refractivity contribution in [3.8, 4) is 0 Å². The highest BCUT2D eigenvalue weighted by Crippen LogP contribution is 2.23. The van der Waals surface area contributed by atoms with Crippen molar-refractivity contribution in [2.24, 2.45) is 0 Å². The van der Waals surface area contributed by atoms with E-state index in [-0.39, 0.29) is 0 Å². The molecule has 1 heterocycles. The summed E-state index contributed by atoms with van der Waals surface area (Å²) in [6.07, 6.45) is 1.56. The van der Waals surface area contributed by atoms with Crippen LogP contribution in [0.3, 0.4) is 0 Å². The average molecular weight is 247 g/mol. The van der Waals surface area contributed by atoms with Crippen molar-refractivity contribution < 1.29 is 14.1 Å². The molecule has 0 saturated carbocycles. The molecule has 0 amide bonds. The molecule has 0 spiro atoms. The standard InChI is InChI=1S/C12H13N3O3/c1-17-12(16)9-3-2-4-10(11(9)13)14-7-8-5-6-15-18-8/h2-6,14H,7,13H2,1H3. The summed E-state index contributed by atoms with van der Waals surface area (Å²) in [7, 11) is 1.32. The number of carbonyl (C=O) groups excluding carboxylic acids is 1. The Hall–Kier alpha value is -2.50. The lowest BCUT2D eigenvalue weighted by atomic mass is 10.1. The minimum Gasteiger partial charge on any atom is -0.465 e. The van der Waals surface area contributed by atoms with Gasteiger partial charge in [0.15, 0.2) is 5.76 Å². The number of benzene rings is 1. The number of aromatic nitrogens is 1. The van der Waals surface area contributed by atoms with Crippen LogP contribution in [0.5, 0.6) is 0 Å². The van der Waals surface area contributed by atoms with Gasteiger partial charge < -0.3 is 20.3 Å². The molecule has 0 aliphatic heterocycles. The molecule has 6 heteroatoms. The molecule has 18 heavy (non-hydrogen) atoms. The summed E-state index contributed by atoms with van der Waals surface area (Å²) in [4.78, 5) is 11.5. The highest BCUT2D eigenvalue weighted by atomic mass is 16.5. The van der Waals surface area contributed by atoms with Crippen LogP contribution in [0.4, 0.5) is 11.4 Å². The number of nitrogen functional groups attached to an aromatic ring is 1. The molecule has 0 unspecified atom stereocenters. The van der Waals surface area contributed by atoms with Gasteiger partial charge in [0.05, 0.1) is 36.8 Å². The van der Waals surface area contributed by atoms with E-state index in [1.54, 1.807) is 30.5 Å². The molecular formula is C12H13N3O3. The Kier molecular flexibility index (Phi) is 3.47. The monoisotopic (exact) mass is 247 g/mol. The zero-order valence-corrected chi connectivity index (χ0v) is 9.84. The van der Waals surface area contributed by atoms with Crippen LogP contribution in [-0.4, -0.2) is 18.2 Å². The zero-order valence-electron chi connectivity index (χ0n) is 9.84. The van der Waals surface area contributed by atoms with Crippen LogP contribution in [-0.2, 0) is 11.3 Å². The molecule has 0 aliphatic carbocycles. The van der Waals surface area contributed by atoms with Crippen molar-refractivity contribution in [3.63, 3.8) is 0 Å². The van der Waals surface area contributed by atoms with Crippen molar-refractivity contribution in [3.05, 3.63) is 41.8 Å². The van der Waals surface area contributed by atoms with Crippen molar-refractivity contribution in [1.29, 1.82) is 0 Å². The molecule has 2 aromatic rings. The maximum Gasteiger partial charge on any atom is 0.340 e. The van der Waals surface area contributed by atoms with Gasteiger partial charge in [-0.3, -0.25) is 0 Å². The summed E-state index contributed by atoms with van der Waals surface area (Å²) >= 11 is 0. The Morgan fingerprint density at radius 2 is 2.33 bits per heavy atom. The fourth-order valence-electron chi connectivity index (χ4n) is 1.52. The molecule has 0 bridgehead atoms. The van der Waals surface area contributed by atoms with Gasteiger partial charge in [-0.25, -0.2) is 4.79 Å². The van der Waals surface area contributed by atoms with Crippen LogP contribution in [0, 0.1) is 0 Å². The van der Waals surface area contributed by atoms with Crippen LogP contribution >= 0.6 is 0 Å². The third kappa shape index (κ3) is 2.42. The molecule has 0 fully saturated rings. The second-order valence-electron chi connectivity index (χ2n) is 3.59. The van der Waals surface area contributed by atoms with Gasteiger partial charge in [-0.05, 0) is 12.1 Å². The Balaban J connectivity index is 2.16. The first-order valence-electron chi connectivity index (χ1n) is 5.32. The number of methoxy groups -OCH3 is 1. The molecule has 2 rings (SSSR count). The quantitative estimate of drug-likeness (QED) is 0.630. The number of nitrogens with two attached hydrogens (primary N) is 1. The number of rotatable bonds is 4. The largest absolute Gasteiger partial charge is 0.465 e. The average Bonchev–Trinajstić information content (AvgIpc) is 2.90. The minimum atomic E-state index is -0.462. The molecule has 0 aliphatic rings. The molecule has 3 N–H and O–H groups in total. The van der Waals surface area contributed by atoms with E-state index in [1.807, 2.05) is 0 Å². The number of carbonyl (C=O) groups is 1. The second kappa shape index (κ2) is 5.22. The Bertz CT molecular complexity index is 538. The topological polar surface area (TPSA) is 90.4 Å². The fraction of sp³-hybridized carbons (Fsp3) is 0.167. The lowest BCUT2D eigenvalue weighted by Crippen LogP contribution is -2.09. The number of hydrogen-bond donors (Lipinski definition) is 2. The number of ether oxygens (including phenoxy) is 1. The van der Waals surface area contributed by atoms with Gasteiger partial charge in [0.2, 0.25) is 0 Å². The van der Waals surface area contributed by atoms with Crippen molar-refractivity contribution in [2.45, 2.75) is 6.54 Å². The molecule has 0 atom stereocenters. The highest BCUT2D eigenvalue weighted by Gasteiger charge is 2.12. The predicted molar refractivity (Wildman–Crippen MR) is 66.0 cm³/mol. The number of nitrogens with zero attached hydrogens (tertiary/aromatic N) is 1. The van der Waals surface area contributed by atoms with Crippen LogP contribution in [0.15, 0.2) is 35.0 Å². The zero-order chi connectivity index (χ0) is 13.0. The first kappa shape index (κ1) is 12.0. The van der Waals surface area contributed by atoms with Crippen LogP contribution < -0.4 is 11.1 Å². The van der Waals surface area contributed by atoms with Crippen LogP contribution in [0.1, 0.15) is 16.1 Å². The summed E-state index contributed by atoms with van der Waals surface area (Å²) < 4.78 is 9.60. The summed E-state index contributed by atoms with van der Waals surface area (Å²) in [6.45, 7) is 0.439. The van der Waals surface area contributed by atoms with Gasteiger partial charge in [0.1, 0.15) is 0 Å². The summed E-state index contributed by atoms with van der Waals surface area (Å²) in [5, 5.41) is 6.66. The number of hydrogen-bond acceptors (Lipinski definition) is 6. The number of para-hydroxylation sites is 1. The van der Waals surface area contributed by atoms with E-state index in [1.165, 1.54) is 7.11 Å². The maximum atomic E-state index is 11.5. The Morgan fingerprint density at radius 1 is 1.50 bits per heavy atom. The number of esters is 1. The Morgan fingerprint density at radius 3 is 3.00 bits per heavy atom. The lowest BCUT2D eigenvalue weighted by Gasteiger charge is -2.10. The van der Waals surface area contributed by atoms with E-state index >= 15 is 0 Å². The lowest BCUT2D eigenvalue weighted by molar-refractivity contribution is 0.0602. The van der Waals surface area contributed by atoms with Crippen molar-refractivity contribution in [1.82, 2.24) is 5.16 Å². The van der Waals surface area contributed by atoms with Crippen molar-refractivity contribution in [2.75, 3.05) is 18.2 Å². The molecular weight excluding hydrogens is 234 g/mol. The Labute approximate surface area is 104 Å². The highest BCUT2D eigenvalue weighted by molar-refractivity contribution is 5.98.